The topological polar surface area (TPSA) is 17.1 Å². The lowest BCUT2D eigenvalue weighted by molar-refractivity contribution is -0.120. The van der Waals surface area contributed by atoms with Gasteiger partial charge in [0.15, 0.2) is 5.78 Å². The van der Waals surface area contributed by atoms with Crippen LogP contribution in [0, 0.1) is 17.3 Å². The van der Waals surface area contributed by atoms with E-state index >= 15 is 0 Å². The monoisotopic (exact) mass is 166 g/mol. The van der Waals surface area contributed by atoms with Gasteiger partial charge in [0.2, 0.25) is 0 Å². The maximum absolute atomic E-state index is 11.6. The van der Waals surface area contributed by atoms with Crippen molar-refractivity contribution >= 4 is 5.78 Å². The lowest BCUT2D eigenvalue weighted by atomic mass is 9.72. The summed E-state index contributed by atoms with van der Waals surface area (Å²) in [7, 11) is 0. The third kappa shape index (κ3) is 1.21. The molecule has 0 spiro atoms. The van der Waals surface area contributed by atoms with Gasteiger partial charge in [0.05, 0.1) is 0 Å². The van der Waals surface area contributed by atoms with Crippen LogP contribution >= 0.6 is 0 Å². The Morgan fingerprint density at radius 1 is 1.42 bits per heavy atom. The van der Waals surface area contributed by atoms with Gasteiger partial charge < -0.3 is 0 Å². The van der Waals surface area contributed by atoms with Crippen molar-refractivity contribution in [3.63, 3.8) is 0 Å². The lowest BCUT2D eigenvalue weighted by Crippen LogP contribution is -2.29. The molecule has 0 aromatic heterocycles. The van der Waals surface area contributed by atoms with E-state index in [1.807, 2.05) is 6.08 Å². The second-order valence-corrected chi connectivity index (χ2v) is 4.67. The summed E-state index contributed by atoms with van der Waals surface area (Å²) >= 11 is 0. The zero-order chi connectivity index (χ0) is 9.52. The number of carbonyl (C=O) groups excluding carboxylic acids is 1. The molecule has 0 aromatic carbocycles. The number of ketones is 1. The Hall–Kier alpha value is -0.590. The molecule has 1 rings (SSSR count). The maximum Gasteiger partial charge on any atom is 0.159 e. The largest absolute Gasteiger partial charge is 0.295 e. The third-order valence-electron chi connectivity index (χ3n) is 3.13. The van der Waals surface area contributed by atoms with Gasteiger partial charge >= 0.3 is 0 Å². The van der Waals surface area contributed by atoms with Crippen molar-refractivity contribution in [2.75, 3.05) is 0 Å². The van der Waals surface area contributed by atoms with Crippen LogP contribution in [-0.4, -0.2) is 5.78 Å². The number of rotatable bonds is 1. The number of allylic oxidation sites excluding steroid dienone is 2. The first-order chi connectivity index (χ1) is 5.37. The van der Waals surface area contributed by atoms with Gasteiger partial charge in [-0.2, -0.15) is 0 Å². The summed E-state index contributed by atoms with van der Waals surface area (Å²) in [4.78, 5) is 11.6. The molecular formula is C11H18O. The van der Waals surface area contributed by atoms with Gasteiger partial charge in [0, 0.05) is 5.92 Å². The quantitative estimate of drug-likeness (QED) is 0.585. The lowest BCUT2D eigenvalue weighted by Gasteiger charge is -2.31. The molecule has 0 aliphatic heterocycles. The fourth-order valence-electron chi connectivity index (χ4n) is 2.25. The first-order valence-electron chi connectivity index (χ1n) is 4.60. The van der Waals surface area contributed by atoms with Crippen molar-refractivity contribution < 1.29 is 4.79 Å². The standard InChI is InChI=1S/C11H18O/c1-7(2)10-9(12)6-8(3)11(10,4)5/h6-7,10H,1-5H3. The van der Waals surface area contributed by atoms with Crippen LogP contribution in [0.5, 0.6) is 0 Å². The van der Waals surface area contributed by atoms with Crippen LogP contribution in [0.15, 0.2) is 11.6 Å². The molecule has 0 radical (unpaired) electrons. The minimum absolute atomic E-state index is 0.0747. The molecule has 1 aliphatic carbocycles. The second kappa shape index (κ2) is 2.72. The molecule has 1 atom stereocenters. The average molecular weight is 166 g/mol. The molecule has 1 heteroatoms. The molecule has 1 aliphatic rings. The normalized spacial score (nSPS) is 28.0. The van der Waals surface area contributed by atoms with Gasteiger partial charge in [-0.05, 0) is 24.3 Å². The summed E-state index contributed by atoms with van der Waals surface area (Å²) in [6, 6.07) is 0. The molecule has 0 N–H and O–H groups in total. The van der Waals surface area contributed by atoms with Gasteiger partial charge in [0.25, 0.3) is 0 Å². The van der Waals surface area contributed by atoms with Gasteiger partial charge in [-0.3, -0.25) is 4.79 Å². The van der Waals surface area contributed by atoms with E-state index in [-0.39, 0.29) is 11.3 Å². The summed E-state index contributed by atoms with van der Waals surface area (Å²) in [5.74, 6) is 0.950. The summed E-state index contributed by atoms with van der Waals surface area (Å²) in [5, 5.41) is 0. The summed E-state index contributed by atoms with van der Waals surface area (Å²) in [6.07, 6.45) is 1.81. The molecule has 0 aromatic rings. The highest BCUT2D eigenvalue weighted by atomic mass is 16.1. The Bertz CT molecular complexity index is 233. The molecule has 0 amide bonds. The van der Waals surface area contributed by atoms with Crippen LogP contribution in [-0.2, 0) is 4.79 Å². The Kier molecular flexibility index (Phi) is 2.15. The average Bonchev–Trinajstić information content (AvgIpc) is 2.02. The van der Waals surface area contributed by atoms with Gasteiger partial charge in [-0.1, -0.05) is 33.3 Å². The first kappa shape index (κ1) is 9.50. The third-order valence-corrected chi connectivity index (χ3v) is 3.13. The minimum atomic E-state index is 0.0747. The van der Waals surface area contributed by atoms with Crippen molar-refractivity contribution in [2.45, 2.75) is 34.6 Å². The molecule has 12 heavy (non-hydrogen) atoms. The fraction of sp³-hybridized carbons (Fsp3) is 0.727. The molecule has 0 saturated heterocycles. The number of hydrogen-bond acceptors (Lipinski definition) is 1. The first-order valence-corrected chi connectivity index (χ1v) is 4.60. The number of hydrogen-bond donors (Lipinski definition) is 0. The highest BCUT2D eigenvalue weighted by molar-refractivity contribution is 5.96. The summed E-state index contributed by atoms with van der Waals surface area (Å²) in [5.41, 5.74) is 1.30. The van der Waals surface area contributed by atoms with E-state index in [2.05, 4.69) is 34.6 Å². The van der Waals surface area contributed by atoms with Gasteiger partial charge in [-0.15, -0.1) is 0 Å². The predicted octanol–water partition coefficient (Wildman–Crippen LogP) is 2.81. The van der Waals surface area contributed by atoms with Crippen molar-refractivity contribution in [3.8, 4) is 0 Å². The van der Waals surface area contributed by atoms with E-state index in [9.17, 15) is 4.79 Å². The molecular weight excluding hydrogens is 148 g/mol. The molecule has 1 nitrogen and oxygen atoms in total. The maximum atomic E-state index is 11.6. The van der Waals surface area contributed by atoms with Crippen molar-refractivity contribution in [2.24, 2.45) is 17.3 Å². The molecule has 0 fully saturated rings. The van der Waals surface area contributed by atoms with E-state index in [1.54, 1.807) is 0 Å². The van der Waals surface area contributed by atoms with Crippen molar-refractivity contribution in [3.05, 3.63) is 11.6 Å². The minimum Gasteiger partial charge on any atom is -0.295 e. The van der Waals surface area contributed by atoms with E-state index in [1.165, 1.54) is 5.57 Å². The van der Waals surface area contributed by atoms with Crippen LogP contribution < -0.4 is 0 Å². The summed E-state index contributed by atoms with van der Waals surface area (Å²) < 4.78 is 0. The van der Waals surface area contributed by atoms with E-state index in [4.69, 9.17) is 0 Å². The van der Waals surface area contributed by atoms with Gasteiger partial charge in [-0.25, -0.2) is 0 Å². The Labute approximate surface area is 74.9 Å². The molecule has 1 unspecified atom stereocenters. The highest BCUT2D eigenvalue weighted by Gasteiger charge is 2.42. The molecule has 0 heterocycles. The van der Waals surface area contributed by atoms with Crippen LogP contribution in [0.4, 0.5) is 0 Å². The molecule has 0 saturated carbocycles. The van der Waals surface area contributed by atoms with E-state index in [0.717, 1.165) is 0 Å². The second-order valence-electron chi connectivity index (χ2n) is 4.67. The van der Waals surface area contributed by atoms with Crippen molar-refractivity contribution in [1.29, 1.82) is 0 Å². The zero-order valence-corrected chi connectivity index (χ0v) is 8.64. The van der Waals surface area contributed by atoms with E-state index < -0.39 is 0 Å². The predicted molar refractivity (Wildman–Crippen MR) is 50.9 cm³/mol. The van der Waals surface area contributed by atoms with Crippen LogP contribution in [0.25, 0.3) is 0 Å². The van der Waals surface area contributed by atoms with Gasteiger partial charge in [0.1, 0.15) is 0 Å². The fourth-order valence-corrected chi connectivity index (χ4v) is 2.25. The SMILES string of the molecule is CC1=CC(=O)C(C(C)C)C1(C)C. The number of carbonyl (C=O) groups is 1. The molecule has 68 valence electrons. The Morgan fingerprint density at radius 2 is 1.92 bits per heavy atom. The Morgan fingerprint density at radius 3 is 2.08 bits per heavy atom. The summed E-state index contributed by atoms with van der Waals surface area (Å²) in [6.45, 7) is 10.6. The zero-order valence-electron chi connectivity index (χ0n) is 8.64. The van der Waals surface area contributed by atoms with Crippen LogP contribution in [0.2, 0.25) is 0 Å². The smallest absolute Gasteiger partial charge is 0.159 e. The highest BCUT2D eigenvalue weighted by Crippen LogP contribution is 2.44. The van der Waals surface area contributed by atoms with Crippen LogP contribution in [0.3, 0.4) is 0 Å². The van der Waals surface area contributed by atoms with E-state index in [0.29, 0.717) is 11.7 Å². The van der Waals surface area contributed by atoms with Crippen LogP contribution in [0.1, 0.15) is 34.6 Å². The van der Waals surface area contributed by atoms with Crippen molar-refractivity contribution in [1.82, 2.24) is 0 Å². The molecule has 0 bridgehead atoms. The Balaban J connectivity index is 3.00.